The van der Waals surface area contributed by atoms with Crippen molar-refractivity contribution >= 4 is 34.1 Å². The van der Waals surface area contributed by atoms with Crippen LogP contribution in [0.15, 0.2) is 81.1 Å². The number of hydrogen-bond acceptors (Lipinski definition) is 8. The van der Waals surface area contributed by atoms with Gasteiger partial charge in [0.25, 0.3) is 5.69 Å². The van der Waals surface area contributed by atoms with E-state index in [4.69, 9.17) is 4.74 Å². The molecule has 0 N–H and O–H groups in total. The van der Waals surface area contributed by atoms with Crippen molar-refractivity contribution < 1.29 is 9.66 Å². The predicted molar refractivity (Wildman–Crippen MR) is 143 cm³/mol. The van der Waals surface area contributed by atoms with Gasteiger partial charge in [0.1, 0.15) is 11.4 Å². The smallest absolute Gasteiger partial charge is 0.269 e. The van der Waals surface area contributed by atoms with Crippen molar-refractivity contribution in [2.24, 2.45) is 26.4 Å². The molecule has 0 saturated carbocycles. The van der Waals surface area contributed by atoms with Crippen molar-refractivity contribution in [2.75, 3.05) is 25.1 Å². The number of aryl methyl sites for hydroxylation is 1. The molecule has 0 saturated heterocycles. The van der Waals surface area contributed by atoms with E-state index >= 15 is 0 Å². The lowest BCUT2D eigenvalue weighted by atomic mass is 10.1. The lowest BCUT2D eigenvalue weighted by molar-refractivity contribution is -0.384. The third-order valence-electron chi connectivity index (χ3n) is 5.68. The molecule has 0 bridgehead atoms. The van der Waals surface area contributed by atoms with Gasteiger partial charge < -0.3 is 9.64 Å². The number of azo groups is 2. The van der Waals surface area contributed by atoms with Gasteiger partial charge in [0.2, 0.25) is 0 Å². The summed E-state index contributed by atoms with van der Waals surface area (Å²) in [4.78, 5) is 12.7. The summed E-state index contributed by atoms with van der Waals surface area (Å²) in [5.41, 5.74) is 4.47. The fourth-order valence-corrected chi connectivity index (χ4v) is 3.49. The topological polar surface area (TPSA) is 105 Å². The molecule has 3 aromatic carbocycles. The standard InChI is InChI=1S/C27H32N6O3/c1-6-32(16-15-19(2)3)23-11-7-21(8-12-23)29-31-26-17-20(4)25(18-27(26)36-5)30-28-22-9-13-24(14-10-22)33(34)35/h7-14,17-19H,6,15-16H2,1-5H3/b30-28+,31-29+. The Morgan fingerprint density at radius 2 is 1.50 bits per heavy atom. The maximum Gasteiger partial charge on any atom is 0.269 e. The van der Waals surface area contributed by atoms with Crippen molar-refractivity contribution in [1.82, 2.24) is 0 Å². The zero-order chi connectivity index (χ0) is 26.1. The number of nitro groups is 1. The first kappa shape index (κ1) is 26.5. The van der Waals surface area contributed by atoms with Gasteiger partial charge in [0.05, 0.1) is 29.1 Å². The minimum absolute atomic E-state index is 0.00460. The Kier molecular flexibility index (Phi) is 9.21. The Morgan fingerprint density at radius 1 is 0.917 bits per heavy atom. The first-order valence-electron chi connectivity index (χ1n) is 11.9. The minimum Gasteiger partial charge on any atom is -0.494 e. The molecule has 0 heterocycles. The van der Waals surface area contributed by atoms with Crippen LogP contribution >= 0.6 is 0 Å². The molecule has 188 valence electrons. The van der Waals surface area contributed by atoms with E-state index < -0.39 is 4.92 Å². The van der Waals surface area contributed by atoms with Crippen LogP contribution < -0.4 is 9.64 Å². The summed E-state index contributed by atoms with van der Waals surface area (Å²) in [5, 5.41) is 28.0. The Balaban J connectivity index is 1.74. The predicted octanol–water partition coefficient (Wildman–Crippen LogP) is 8.62. The zero-order valence-electron chi connectivity index (χ0n) is 21.4. The molecule has 0 aliphatic carbocycles. The van der Waals surface area contributed by atoms with Gasteiger partial charge in [-0.1, -0.05) is 13.8 Å². The van der Waals surface area contributed by atoms with Crippen LogP contribution in [0.1, 0.15) is 32.8 Å². The first-order chi connectivity index (χ1) is 17.3. The normalized spacial score (nSPS) is 11.5. The minimum atomic E-state index is -0.453. The number of benzene rings is 3. The van der Waals surface area contributed by atoms with Crippen molar-refractivity contribution in [3.8, 4) is 5.75 Å². The molecule has 9 nitrogen and oxygen atoms in total. The number of methoxy groups -OCH3 is 1. The van der Waals surface area contributed by atoms with Gasteiger partial charge in [-0.05, 0) is 74.2 Å². The summed E-state index contributed by atoms with van der Waals surface area (Å²) < 4.78 is 5.50. The van der Waals surface area contributed by atoms with Gasteiger partial charge in [0, 0.05) is 37.0 Å². The molecule has 3 aromatic rings. The Morgan fingerprint density at radius 3 is 2.03 bits per heavy atom. The molecule has 0 atom stereocenters. The molecule has 0 aliphatic heterocycles. The van der Waals surface area contributed by atoms with E-state index in [2.05, 4.69) is 58.3 Å². The molecule has 0 radical (unpaired) electrons. The molecule has 9 heteroatoms. The van der Waals surface area contributed by atoms with E-state index in [1.165, 1.54) is 17.8 Å². The summed E-state index contributed by atoms with van der Waals surface area (Å²) in [6.07, 6.45) is 1.15. The average molecular weight is 489 g/mol. The summed E-state index contributed by atoms with van der Waals surface area (Å²) >= 11 is 0. The first-order valence-corrected chi connectivity index (χ1v) is 11.9. The fraction of sp³-hybridized carbons (Fsp3) is 0.333. The quantitative estimate of drug-likeness (QED) is 0.153. The monoisotopic (exact) mass is 488 g/mol. The highest BCUT2D eigenvalue weighted by molar-refractivity contribution is 5.63. The second-order valence-corrected chi connectivity index (χ2v) is 8.76. The highest BCUT2D eigenvalue weighted by Gasteiger charge is 2.09. The van der Waals surface area contributed by atoms with Crippen LogP contribution in [-0.2, 0) is 0 Å². The van der Waals surface area contributed by atoms with E-state index in [-0.39, 0.29) is 5.69 Å². The molecule has 0 fully saturated rings. The molecule has 36 heavy (non-hydrogen) atoms. The summed E-state index contributed by atoms with van der Waals surface area (Å²) in [7, 11) is 1.56. The van der Waals surface area contributed by atoms with Crippen molar-refractivity contribution in [2.45, 2.75) is 34.1 Å². The third kappa shape index (κ3) is 7.18. The van der Waals surface area contributed by atoms with Crippen LogP contribution in [0.5, 0.6) is 5.75 Å². The second-order valence-electron chi connectivity index (χ2n) is 8.76. The maximum atomic E-state index is 10.8. The number of anilines is 1. The number of hydrogen-bond donors (Lipinski definition) is 0. The number of nitro benzene ring substituents is 1. The van der Waals surface area contributed by atoms with E-state index in [1.807, 2.05) is 25.1 Å². The van der Waals surface area contributed by atoms with Gasteiger partial charge in [-0.2, -0.15) is 15.3 Å². The molecular weight excluding hydrogens is 456 g/mol. The van der Waals surface area contributed by atoms with E-state index in [1.54, 1.807) is 25.3 Å². The van der Waals surface area contributed by atoms with Crippen LogP contribution in [0.2, 0.25) is 0 Å². The molecule has 0 aliphatic rings. The van der Waals surface area contributed by atoms with Gasteiger partial charge in [-0.3, -0.25) is 10.1 Å². The molecule has 0 spiro atoms. The van der Waals surface area contributed by atoms with Crippen LogP contribution in [0.4, 0.5) is 34.1 Å². The number of non-ortho nitro benzene ring substituents is 1. The van der Waals surface area contributed by atoms with Gasteiger partial charge >= 0.3 is 0 Å². The van der Waals surface area contributed by atoms with Gasteiger partial charge in [0.15, 0.2) is 0 Å². The van der Waals surface area contributed by atoms with Crippen molar-refractivity contribution in [3.05, 3.63) is 76.3 Å². The largest absolute Gasteiger partial charge is 0.494 e. The maximum absolute atomic E-state index is 10.8. The number of nitrogens with zero attached hydrogens (tertiary/aromatic N) is 6. The van der Waals surface area contributed by atoms with Crippen LogP contribution in [0.25, 0.3) is 0 Å². The average Bonchev–Trinajstić information content (AvgIpc) is 2.88. The molecule has 0 unspecified atom stereocenters. The van der Waals surface area contributed by atoms with Crippen molar-refractivity contribution in [1.29, 1.82) is 0 Å². The SMILES string of the molecule is CCN(CCC(C)C)c1ccc(/N=N/c2cc(C)c(/N=N/c3ccc([N+](=O)[O-])cc3)cc2OC)cc1. The Bertz CT molecular complexity index is 1220. The van der Waals surface area contributed by atoms with Gasteiger partial charge in [-0.25, -0.2) is 0 Å². The lowest BCUT2D eigenvalue weighted by Gasteiger charge is -2.24. The van der Waals surface area contributed by atoms with Crippen molar-refractivity contribution in [3.63, 3.8) is 0 Å². The lowest BCUT2D eigenvalue weighted by Crippen LogP contribution is -2.24. The summed E-state index contributed by atoms with van der Waals surface area (Å²) in [6.45, 7) is 10.5. The fourth-order valence-electron chi connectivity index (χ4n) is 3.49. The third-order valence-corrected chi connectivity index (χ3v) is 5.68. The van der Waals surface area contributed by atoms with Crippen LogP contribution in [0.3, 0.4) is 0 Å². The highest BCUT2D eigenvalue weighted by atomic mass is 16.6. The summed E-state index contributed by atoms with van der Waals surface area (Å²) in [6, 6.07) is 17.5. The van der Waals surface area contributed by atoms with Gasteiger partial charge in [-0.15, -0.1) is 5.11 Å². The molecule has 0 amide bonds. The van der Waals surface area contributed by atoms with Crippen LogP contribution in [0, 0.1) is 23.0 Å². The van der Waals surface area contributed by atoms with E-state index in [0.717, 1.165) is 30.8 Å². The summed E-state index contributed by atoms with van der Waals surface area (Å²) in [5.74, 6) is 1.19. The van der Waals surface area contributed by atoms with Crippen LogP contribution in [-0.4, -0.2) is 25.1 Å². The second kappa shape index (κ2) is 12.5. The van der Waals surface area contributed by atoms with E-state index in [0.29, 0.717) is 28.7 Å². The molecule has 3 rings (SSSR count). The molecular formula is C27H32N6O3. The number of rotatable bonds is 11. The Hall–Kier alpha value is -4.14. The molecule has 0 aromatic heterocycles. The Labute approximate surface area is 211 Å². The zero-order valence-corrected chi connectivity index (χ0v) is 21.4. The highest BCUT2D eigenvalue weighted by Crippen LogP contribution is 2.36. The van der Waals surface area contributed by atoms with E-state index in [9.17, 15) is 10.1 Å². The number of ether oxygens (including phenoxy) is 1.